The molecule has 1 N–H and O–H groups in total. The predicted molar refractivity (Wildman–Crippen MR) is 111 cm³/mol. The first-order valence-electron chi connectivity index (χ1n) is 9.84. The molecule has 1 aromatic heterocycles. The quantitative estimate of drug-likeness (QED) is 0.635. The van der Waals surface area contributed by atoms with E-state index in [4.69, 9.17) is 0 Å². The van der Waals surface area contributed by atoms with Gasteiger partial charge in [-0.15, -0.1) is 0 Å². The molecule has 1 saturated heterocycles. The van der Waals surface area contributed by atoms with Crippen LogP contribution in [0.4, 0.5) is 19.0 Å². The zero-order valence-electron chi connectivity index (χ0n) is 16.8. The van der Waals surface area contributed by atoms with E-state index >= 15 is 0 Å². The van der Waals surface area contributed by atoms with Gasteiger partial charge in [-0.05, 0) is 43.5 Å². The molecule has 0 aliphatic carbocycles. The molecule has 2 heterocycles. The van der Waals surface area contributed by atoms with Crippen molar-refractivity contribution in [2.75, 3.05) is 18.0 Å². The van der Waals surface area contributed by atoms with Gasteiger partial charge in [0.05, 0.1) is 22.5 Å². The van der Waals surface area contributed by atoms with Crippen LogP contribution in [-0.4, -0.2) is 31.5 Å². The van der Waals surface area contributed by atoms with E-state index in [1.165, 1.54) is 6.07 Å². The van der Waals surface area contributed by atoms with E-state index in [-0.39, 0.29) is 12.4 Å². The zero-order chi connectivity index (χ0) is 22.2. The van der Waals surface area contributed by atoms with Crippen molar-refractivity contribution in [3.8, 4) is 0 Å². The summed E-state index contributed by atoms with van der Waals surface area (Å²) >= 11 is 0. The van der Waals surface area contributed by atoms with Crippen molar-refractivity contribution in [1.29, 1.82) is 0 Å². The van der Waals surface area contributed by atoms with Crippen molar-refractivity contribution >= 4 is 26.7 Å². The molecule has 0 saturated carbocycles. The van der Waals surface area contributed by atoms with Crippen LogP contribution in [0, 0.1) is 6.92 Å². The summed E-state index contributed by atoms with van der Waals surface area (Å²) in [5.74, 6) is 0.924. The number of hydrogen-bond donors (Lipinski definition) is 1. The number of nitrogens with zero attached hydrogens (tertiary/aromatic N) is 3. The Labute approximate surface area is 178 Å². The largest absolute Gasteiger partial charge is 0.417 e. The molecule has 3 aromatic rings. The van der Waals surface area contributed by atoms with E-state index in [1.807, 2.05) is 25.1 Å². The number of sulfonamides is 1. The smallest absolute Gasteiger partial charge is 0.356 e. The summed E-state index contributed by atoms with van der Waals surface area (Å²) < 4.78 is 67.4. The van der Waals surface area contributed by atoms with E-state index in [9.17, 15) is 21.6 Å². The third kappa shape index (κ3) is 4.35. The lowest BCUT2D eigenvalue weighted by Crippen LogP contribution is -2.27. The Morgan fingerprint density at radius 3 is 2.45 bits per heavy atom. The van der Waals surface area contributed by atoms with E-state index < -0.39 is 26.7 Å². The number of alkyl halides is 3. The van der Waals surface area contributed by atoms with E-state index in [0.717, 1.165) is 60.9 Å². The summed E-state index contributed by atoms with van der Waals surface area (Å²) in [7, 11) is -4.43. The third-order valence-electron chi connectivity index (χ3n) is 5.26. The molecule has 0 spiro atoms. The van der Waals surface area contributed by atoms with E-state index in [1.54, 1.807) is 0 Å². The molecule has 6 nitrogen and oxygen atoms in total. The van der Waals surface area contributed by atoms with Gasteiger partial charge in [0, 0.05) is 18.5 Å². The van der Waals surface area contributed by atoms with Gasteiger partial charge < -0.3 is 4.90 Å². The van der Waals surface area contributed by atoms with Gasteiger partial charge in [0.2, 0.25) is 10.0 Å². The van der Waals surface area contributed by atoms with Crippen LogP contribution in [0.5, 0.6) is 0 Å². The first-order chi connectivity index (χ1) is 14.7. The minimum atomic E-state index is -4.79. The molecule has 164 valence electrons. The van der Waals surface area contributed by atoms with Gasteiger partial charge in [0.15, 0.2) is 0 Å². The minimum Gasteiger partial charge on any atom is -0.356 e. The van der Waals surface area contributed by atoms with Crippen LogP contribution < -0.4 is 9.62 Å². The lowest BCUT2D eigenvalue weighted by molar-refractivity contribution is -0.139. The van der Waals surface area contributed by atoms with Crippen LogP contribution >= 0.6 is 0 Å². The maximum atomic E-state index is 13.3. The third-order valence-corrected chi connectivity index (χ3v) is 6.72. The van der Waals surface area contributed by atoms with E-state index in [2.05, 4.69) is 19.6 Å². The molecule has 0 atom stereocenters. The van der Waals surface area contributed by atoms with Gasteiger partial charge in [-0.3, -0.25) is 0 Å². The van der Waals surface area contributed by atoms with Crippen molar-refractivity contribution in [3.63, 3.8) is 0 Å². The fourth-order valence-electron chi connectivity index (χ4n) is 3.75. The fraction of sp³-hybridized carbons (Fsp3) is 0.333. The average Bonchev–Trinajstić information content (AvgIpc) is 3.26. The van der Waals surface area contributed by atoms with Crippen LogP contribution in [0.15, 0.2) is 47.4 Å². The van der Waals surface area contributed by atoms with Gasteiger partial charge in [-0.2, -0.15) is 13.2 Å². The van der Waals surface area contributed by atoms with Gasteiger partial charge in [-0.25, -0.2) is 23.1 Å². The number of rotatable bonds is 5. The highest BCUT2D eigenvalue weighted by Crippen LogP contribution is 2.34. The number of benzene rings is 2. The second kappa shape index (κ2) is 8.08. The molecule has 0 unspecified atom stereocenters. The molecule has 1 fully saturated rings. The van der Waals surface area contributed by atoms with Crippen molar-refractivity contribution in [2.45, 2.75) is 37.4 Å². The Morgan fingerprint density at radius 2 is 1.74 bits per heavy atom. The fourth-order valence-corrected chi connectivity index (χ4v) is 4.95. The summed E-state index contributed by atoms with van der Waals surface area (Å²) in [4.78, 5) is 10.4. The van der Waals surface area contributed by atoms with Crippen molar-refractivity contribution in [1.82, 2.24) is 14.7 Å². The number of hydrogen-bond acceptors (Lipinski definition) is 5. The topological polar surface area (TPSA) is 75.2 Å². The summed E-state index contributed by atoms with van der Waals surface area (Å²) in [6.45, 7) is 3.25. The number of fused-ring (bicyclic) bond motifs is 1. The molecular formula is C21H21F3N4O2S. The highest BCUT2D eigenvalue weighted by molar-refractivity contribution is 7.89. The Kier molecular flexibility index (Phi) is 5.61. The van der Waals surface area contributed by atoms with Gasteiger partial charge in [-0.1, -0.05) is 24.3 Å². The highest BCUT2D eigenvalue weighted by atomic mass is 32.2. The first-order valence-corrected chi connectivity index (χ1v) is 11.3. The molecule has 0 bridgehead atoms. The normalized spacial score (nSPS) is 15.0. The number of aromatic nitrogens is 2. The van der Waals surface area contributed by atoms with Crippen molar-refractivity contribution in [3.05, 3.63) is 59.4 Å². The predicted octanol–water partition coefficient (Wildman–Crippen LogP) is 4.04. The zero-order valence-corrected chi connectivity index (χ0v) is 17.6. The summed E-state index contributed by atoms with van der Waals surface area (Å²) in [5, 5.41) is 0.871. The molecule has 4 rings (SSSR count). The van der Waals surface area contributed by atoms with E-state index in [0.29, 0.717) is 5.52 Å². The molecule has 10 heteroatoms. The Bertz CT molecular complexity index is 1220. The van der Waals surface area contributed by atoms with Crippen LogP contribution in [0.25, 0.3) is 10.9 Å². The maximum Gasteiger partial charge on any atom is 0.417 e. The molecular weight excluding hydrogens is 429 g/mol. The summed E-state index contributed by atoms with van der Waals surface area (Å²) in [5.41, 5.74) is 0.395. The average molecular weight is 450 g/mol. The Morgan fingerprint density at radius 1 is 1.03 bits per heavy atom. The Hall–Kier alpha value is -2.72. The molecule has 31 heavy (non-hydrogen) atoms. The van der Waals surface area contributed by atoms with Crippen molar-refractivity contribution < 1.29 is 21.6 Å². The number of anilines is 1. The van der Waals surface area contributed by atoms with Gasteiger partial charge >= 0.3 is 6.18 Å². The van der Waals surface area contributed by atoms with Crippen molar-refractivity contribution in [2.24, 2.45) is 0 Å². The highest BCUT2D eigenvalue weighted by Gasteiger charge is 2.36. The second-order valence-corrected chi connectivity index (χ2v) is 9.18. The number of aryl methyl sites for hydroxylation is 1. The van der Waals surface area contributed by atoms with Crippen LogP contribution in [0.2, 0.25) is 0 Å². The number of halogens is 3. The minimum absolute atomic E-state index is 0.205. The molecule has 0 radical (unpaired) electrons. The summed E-state index contributed by atoms with van der Waals surface area (Å²) in [6, 6.07) is 9.82. The molecule has 2 aromatic carbocycles. The molecule has 1 aliphatic heterocycles. The van der Waals surface area contributed by atoms with Gasteiger partial charge in [0.1, 0.15) is 11.6 Å². The summed E-state index contributed by atoms with van der Waals surface area (Å²) in [6.07, 6.45) is -2.72. The number of nitrogens with one attached hydrogen (secondary N) is 1. The molecule has 1 aliphatic rings. The lowest BCUT2D eigenvalue weighted by Gasteiger charge is -2.20. The molecule has 0 amide bonds. The monoisotopic (exact) mass is 450 g/mol. The first kappa shape index (κ1) is 21.5. The van der Waals surface area contributed by atoms with Crippen LogP contribution in [-0.2, 0) is 22.7 Å². The Balaban J connectivity index is 1.69. The standard InChI is InChI=1S/C21H21F3N4O2S/c1-14-7-6-8-15-19(14)26-18(27-20(15)28-11-4-5-12-28)13-25-31(29,30)17-10-3-2-9-16(17)21(22,23)24/h2-3,6-10,25H,4-5,11-13H2,1H3. The van der Waals surface area contributed by atoms with Gasteiger partial charge in [0.25, 0.3) is 0 Å². The number of para-hydroxylation sites is 1. The van der Waals surface area contributed by atoms with Crippen LogP contribution in [0.3, 0.4) is 0 Å². The SMILES string of the molecule is Cc1cccc2c(N3CCCC3)nc(CNS(=O)(=O)c3ccccc3C(F)(F)F)nc12. The van der Waals surface area contributed by atoms with Crippen LogP contribution in [0.1, 0.15) is 29.8 Å². The lowest BCUT2D eigenvalue weighted by atomic mass is 10.1. The maximum absolute atomic E-state index is 13.3. The second-order valence-electron chi connectivity index (χ2n) is 7.45.